The highest BCUT2D eigenvalue weighted by molar-refractivity contribution is 6.13. The molecule has 0 aliphatic carbocycles. The Kier molecular flexibility index (Phi) is 6.61. The van der Waals surface area contributed by atoms with Gasteiger partial charge in [-0.05, 0) is 66.1 Å². The molecule has 2 amide bonds. The fourth-order valence-corrected chi connectivity index (χ4v) is 3.92. The Labute approximate surface area is 212 Å². The van der Waals surface area contributed by atoms with Gasteiger partial charge in [-0.25, -0.2) is 4.79 Å². The molecule has 38 heavy (non-hydrogen) atoms. The monoisotopic (exact) mass is 522 g/mol. The maximum atomic E-state index is 13.9. The highest BCUT2D eigenvalue weighted by Gasteiger charge is 2.35. The third kappa shape index (κ3) is 5.03. The van der Waals surface area contributed by atoms with Crippen LogP contribution in [-0.4, -0.2) is 28.0 Å². The second kappa shape index (κ2) is 9.70. The number of alkyl halides is 3. The summed E-state index contributed by atoms with van der Waals surface area (Å²) in [5.74, 6) is -2.71. The first-order valence-corrected chi connectivity index (χ1v) is 10.9. The van der Waals surface area contributed by atoms with E-state index in [4.69, 9.17) is 9.78 Å². The number of benzene rings is 3. The minimum Gasteiger partial charge on any atom is -0.478 e. The van der Waals surface area contributed by atoms with Gasteiger partial charge in [0, 0.05) is 12.6 Å². The van der Waals surface area contributed by atoms with E-state index in [0.717, 1.165) is 12.1 Å². The van der Waals surface area contributed by atoms with Gasteiger partial charge in [0.1, 0.15) is 0 Å². The lowest BCUT2D eigenvalue weighted by Crippen LogP contribution is -2.15. The Balaban J connectivity index is 1.75. The standard InChI is InChI=1S/C26H17F3N4O5/c1-12-7-19-22(10-17(12)16-5-4-15(31-13(2)34)9-20(16)26(27,28)29)38-33-23(19)24(35)32-21-6-3-14(11-30)8-18(21)25(36)37/h3-10H,1-2H3,(H,31,34)(H,32,35)(H,36,37). The van der Waals surface area contributed by atoms with Gasteiger partial charge in [-0.2, -0.15) is 18.4 Å². The fraction of sp³-hybridized carbons (Fsp3) is 0.115. The van der Waals surface area contributed by atoms with Gasteiger partial charge in [-0.3, -0.25) is 9.59 Å². The molecule has 1 heterocycles. The van der Waals surface area contributed by atoms with Gasteiger partial charge in [0.2, 0.25) is 5.91 Å². The van der Waals surface area contributed by atoms with E-state index in [2.05, 4.69) is 15.8 Å². The molecule has 3 aromatic carbocycles. The maximum absolute atomic E-state index is 13.9. The first-order valence-electron chi connectivity index (χ1n) is 10.9. The van der Waals surface area contributed by atoms with Crippen molar-refractivity contribution < 1.29 is 37.2 Å². The van der Waals surface area contributed by atoms with Gasteiger partial charge in [0.05, 0.1) is 33.8 Å². The molecule has 0 bridgehead atoms. The smallest absolute Gasteiger partial charge is 0.417 e. The van der Waals surface area contributed by atoms with Gasteiger partial charge >= 0.3 is 12.1 Å². The number of carboxylic acids is 1. The lowest BCUT2D eigenvalue weighted by molar-refractivity contribution is -0.137. The Bertz CT molecular complexity index is 1670. The Morgan fingerprint density at radius 1 is 1.03 bits per heavy atom. The average molecular weight is 522 g/mol. The Morgan fingerprint density at radius 2 is 1.76 bits per heavy atom. The summed E-state index contributed by atoms with van der Waals surface area (Å²) >= 11 is 0. The molecule has 0 aliphatic heterocycles. The van der Waals surface area contributed by atoms with E-state index in [1.807, 2.05) is 6.07 Å². The zero-order valence-electron chi connectivity index (χ0n) is 19.7. The number of anilines is 2. The van der Waals surface area contributed by atoms with Crippen LogP contribution in [0.2, 0.25) is 0 Å². The van der Waals surface area contributed by atoms with Crippen LogP contribution in [0.1, 0.15) is 44.5 Å². The molecule has 0 radical (unpaired) electrons. The van der Waals surface area contributed by atoms with Gasteiger partial charge in [0.15, 0.2) is 11.3 Å². The molecular weight excluding hydrogens is 505 g/mol. The molecule has 0 saturated heterocycles. The van der Waals surface area contributed by atoms with Crippen LogP contribution in [0.4, 0.5) is 24.5 Å². The molecule has 0 aliphatic rings. The van der Waals surface area contributed by atoms with Crippen LogP contribution in [-0.2, 0) is 11.0 Å². The molecule has 9 nitrogen and oxygen atoms in total. The molecule has 4 rings (SSSR count). The SMILES string of the molecule is CC(=O)Nc1ccc(-c2cc3onc(C(=O)Nc4ccc(C#N)cc4C(=O)O)c3cc2C)c(C(F)(F)F)c1. The summed E-state index contributed by atoms with van der Waals surface area (Å²) in [5.41, 5.74) is -1.14. The third-order valence-electron chi connectivity index (χ3n) is 5.59. The van der Waals surface area contributed by atoms with Gasteiger partial charge in [-0.1, -0.05) is 11.2 Å². The number of hydrogen-bond donors (Lipinski definition) is 3. The van der Waals surface area contributed by atoms with E-state index in [9.17, 15) is 32.7 Å². The first-order chi connectivity index (χ1) is 17.9. The number of hydrogen-bond acceptors (Lipinski definition) is 6. The summed E-state index contributed by atoms with van der Waals surface area (Å²) in [6.07, 6.45) is -4.74. The topological polar surface area (TPSA) is 145 Å². The summed E-state index contributed by atoms with van der Waals surface area (Å²) in [6, 6.07) is 11.7. The number of aromatic nitrogens is 1. The number of fused-ring (bicyclic) bond motifs is 1. The van der Waals surface area contributed by atoms with Crippen molar-refractivity contribution in [3.05, 3.63) is 76.5 Å². The number of rotatable bonds is 5. The van der Waals surface area contributed by atoms with Gasteiger partial charge in [-0.15, -0.1) is 0 Å². The van der Waals surface area contributed by atoms with E-state index in [0.29, 0.717) is 5.56 Å². The van der Waals surface area contributed by atoms with Crippen molar-refractivity contribution in [2.24, 2.45) is 0 Å². The lowest BCUT2D eigenvalue weighted by Gasteiger charge is -2.16. The first kappa shape index (κ1) is 25.9. The van der Waals surface area contributed by atoms with E-state index in [1.54, 1.807) is 6.92 Å². The highest BCUT2D eigenvalue weighted by atomic mass is 19.4. The summed E-state index contributed by atoms with van der Waals surface area (Å²) in [5, 5.41) is 27.1. The van der Waals surface area contributed by atoms with Crippen LogP contribution < -0.4 is 10.6 Å². The number of carbonyl (C=O) groups excluding carboxylic acids is 2. The highest BCUT2D eigenvalue weighted by Crippen LogP contribution is 2.41. The van der Waals surface area contributed by atoms with Crippen LogP contribution in [0.3, 0.4) is 0 Å². The molecule has 0 spiro atoms. The molecule has 1 aromatic heterocycles. The van der Waals surface area contributed by atoms with Gasteiger partial charge < -0.3 is 20.3 Å². The number of nitrogens with one attached hydrogen (secondary N) is 2. The minimum absolute atomic E-state index is 0.0190. The molecule has 0 saturated carbocycles. The zero-order chi connectivity index (χ0) is 27.8. The van der Waals surface area contributed by atoms with E-state index >= 15 is 0 Å². The normalized spacial score (nSPS) is 11.2. The fourth-order valence-electron chi connectivity index (χ4n) is 3.92. The lowest BCUT2D eigenvalue weighted by atomic mass is 9.93. The molecule has 4 aromatic rings. The van der Waals surface area contributed by atoms with Crippen LogP contribution in [0, 0.1) is 18.3 Å². The predicted octanol–water partition coefficient (Wildman–Crippen LogP) is 5.60. The van der Waals surface area contributed by atoms with Crippen molar-refractivity contribution in [3.8, 4) is 17.2 Å². The molecular formula is C26H17F3N4O5. The quantitative estimate of drug-likeness (QED) is 0.309. The number of carboxylic acid groups (broad SMARTS) is 1. The predicted molar refractivity (Wildman–Crippen MR) is 130 cm³/mol. The second-order valence-corrected chi connectivity index (χ2v) is 8.27. The summed E-state index contributed by atoms with van der Waals surface area (Å²) in [7, 11) is 0. The van der Waals surface area contributed by atoms with Crippen molar-refractivity contribution in [2.45, 2.75) is 20.0 Å². The number of carbonyl (C=O) groups is 3. The second-order valence-electron chi connectivity index (χ2n) is 8.27. The van der Waals surface area contributed by atoms with Gasteiger partial charge in [0.25, 0.3) is 5.91 Å². The number of amides is 2. The third-order valence-corrected chi connectivity index (χ3v) is 5.59. The molecule has 12 heteroatoms. The molecule has 3 N–H and O–H groups in total. The molecule has 0 atom stereocenters. The van der Waals surface area contributed by atoms with Crippen molar-refractivity contribution in [3.63, 3.8) is 0 Å². The van der Waals surface area contributed by atoms with Crippen molar-refractivity contribution in [2.75, 3.05) is 10.6 Å². The van der Waals surface area contributed by atoms with Crippen molar-refractivity contribution in [1.82, 2.24) is 5.16 Å². The van der Waals surface area contributed by atoms with Crippen LogP contribution >= 0.6 is 0 Å². The molecule has 0 fully saturated rings. The van der Waals surface area contributed by atoms with Crippen molar-refractivity contribution >= 4 is 40.1 Å². The minimum atomic E-state index is -4.74. The summed E-state index contributed by atoms with van der Waals surface area (Å²) < 4.78 is 46.9. The number of aryl methyl sites for hydroxylation is 1. The van der Waals surface area contributed by atoms with Crippen LogP contribution in [0.5, 0.6) is 0 Å². The summed E-state index contributed by atoms with van der Waals surface area (Å²) in [4.78, 5) is 35.8. The number of nitrogens with zero attached hydrogens (tertiary/aromatic N) is 2. The van der Waals surface area contributed by atoms with E-state index in [-0.39, 0.29) is 50.3 Å². The number of nitriles is 1. The van der Waals surface area contributed by atoms with Crippen LogP contribution in [0.15, 0.2) is 53.1 Å². The van der Waals surface area contributed by atoms with Crippen LogP contribution in [0.25, 0.3) is 22.1 Å². The maximum Gasteiger partial charge on any atom is 0.417 e. The number of aromatic carboxylic acids is 1. The average Bonchev–Trinajstić information content (AvgIpc) is 3.25. The number of halogens is 3. The van der Waals surface area contributed by atoms with Crippen molar-refractivity contribution in [1.29, 1.82) is 5.26 Å². The Hall–Kier alpha value is -5.18. The molecule has 192 valence electrons. The largest absolute Gasteiger partial charge is 0.478 e. The zero-order valence-corrected chi connectivity index (χ0v) is 19.7. The van der Waals surface area contributed by atoms with E-state index in [1.165, 1.54) is 43.3 Å². The van der Waals surface area contributed by atoms with E-state index < -0.39 is 29.5 Å². The Morgan fingerprint density at radius 3 is 2.39 bits per heavy atom. The summed E-state index contributed by atoms with van der Waals surface area (Å²) in [6.45, 7) is 2.73. The molecule has 0 unspecified atom stereocenters.